The van der Waals surface area contributed by atoms with Crippen LogP contribution in [0.25, 0.3) is 5.76 Å². The Hall–Kier alpha value is -2.16. The second-order valence-corrected chi connectivity index (χ2v) is 3.80. The van der Waals surface area contributed by atoms with Gasteiger partial charge in [-0.1, -0.05) is 36.4 Å². The van der Waals surface area contributed by atoms with Crippen LogP contribution in [-0.4, -0.2) is 16.7 Å². The highest BCUT2D eigenvalue weighted by Gasteiger charge is 2.31. The molecule has 0 bridgehead atoms. The molecule has 0 radical (unpaired) electrons. The maximum Gasteiger partial charge on any atom is 0.234 e. The van der Waals surface area contributed by atoms with Crippen molar-refractivity contribution in [1.29, 1.82) is 0 Å². The molecule has 3 heteroatoms. The molecule has 0 unspecified atom stereocenters. The number of benzene rings is 1. The van der Waals surface area contributed by atoms with Crippen molar-refractivity contribution in [2.45, 2.75) is 13.3 Å². The van der Waals surface area contributed by atoms with Crippen LogP contribution in [0.4, 0.5) is 0 Å². The quantitative estimate of drug-likeness (QED) is 0.625. The van der Waals surface area contributed by atoms with E-state index in [4.69, 9.17) is 0 Å². The molecule has 0 saturated heterocycles. The van der Waals surface area contributed by atoms with Gasteiger partial charge in [0.2, 0.25) is 11.6 Å². The average Bonchev–Trinajstić information content (AvgIpc) is 2.36. The van der Waals surface area contributed by atoms with E-state index in [2.05, 4.69) is 0 Å². The number of ketones is 2. The number of carbonyl (C=O) groups is 2. The molecule has 0 heterocycles. The molecule has 0 spiro atoms. The Balaban J connectivity index is 2.59. The first-order valence-electron chi connectivity index (χ1n) is 5.38. The lowest BCUT2D eigenvalue weighted by Gasteiger charge is -2.16. The Morgan fingerprint density at radius 2 is 1.76 bits per heavy atom. The number of fused-ring (bicyclic) bond motifs is 1. The van der Waals surface area contributed by atoms with Crippen LogP contribution in [0.5, 0.6) is 0 Å². The molecule has 0 aliphatic heterocycles. The van der Waals surface area contributed by atoms with E-state index in [1.54, 1.807) is 36.4 Å². The van der Waals surface area contributed by atoms with Gasteiger partial charge in [0.05, 0.1) is 0 Å². The average molecular weight is 228 g/mol. The van der Waals surface area contributed by atoms with Crippen molar-refractivity contribution < 1.29 is 14.7 Å². The SMILES string of the molecule is CC=CCC1=C(O)c2ccccc2C(=O)C1=O. The van der Waals surface area contributed by atoms with Gasteiger partial charge in [-0.15, -0.1) is 0 Å². The third-order valence-corrected chi connectivity index (χ3v) is 2.75. The van der Waals surface area contributed by atoms with Crippen molar-refractivity contribution in [2.24, 2.45) is 0 Å². The van der Waals surface area contributed by atoms with Gasteiger partial charge >= 0.3 is 0 Å². The minimum Gasteiger partial charge on any atom is -0.507 e. The normalized spacial score (nSPS) is 15.6. The van der Waals surface area contributed by atoms with Crippen molar-refractivity contribution in [2.75, 3.05) is 0 Å². The van der Waals surface area contributed by atoms with Crippen molar-refractivity contribution in [3.8, 4) is 0 Å². The zero-order valence-electron chi connectivity index (χ0n) is 9.43. The zero-order chi connectivity index (χ0) is 12.4. The van der Waals surface area contributed by atoms with Gasteiger partial charge in [-0.05, 0) is 13.3 Å². The fourth-order valence-electron chi connectivity index (χ4n) is 1.84. The van der Waals surface area contributed by atoms with E-state index >= 15 is 0 Å². The van der Waals surface area contributed by atoms with Gasteiger partial charge in [-0.25, -0.2) is 0 Å². The molecular formula is C14H12O3. The summed E-state index contributed by atoms with van der Waals surface area (Å²) < 4.78 is 0. The monoisotopic (exact) mass is 228 g/mol. The number of hydrogen-bond donors (Lipinski definition) is 1. The molecule has 0 fully saturated rings. The van der Waals surface area contributed by atoms with E-state index in [-0.39, 0.29) is 23.3 Å². The zero-order valence-corrected chi connectivity index (χ0v) is 9.43. The van der Waals surface area contributed by atoms with Gasteiger partial charge in [-0.2, -0.15) is 0 Å². The molecule has 0 saturated carbocycles. The van der Waals surface area contributed by atoms with E-state index in [9.17, 15) is 14.7 Å². The standard InChI is InChI=1S/C14H12O3/c1-2-3-6-11-12(15)9-7-4-5-8-10(9)13(16)14(11)17/h2-5,7-8,15H,6H2,1H3. The summed E-state index contributed by atoms with van der Waals surface area (Å²) in [6.45, 7) is 1.82. The number of allylic oxidation sites excluding steroid dienone is 3. The molecule has 17 heavy (non-hydrogen) atoms. The van der Waals surface area contributed by atoms with Gasteiger partial charge in [0.15, 0.2) is 0 Å². The molecule has 1 aliphatic carbocycles. The minimum atomic E-state index is -0.612. The number of carbonyl (C=O) groups excluding carboxylic acids is 2. The number of aliphatic hydroxyl groups is 1. The second-order valence-electron chi connectivity index (χ2n) is 3.80. The third kappa shape index (κ3) is 1.80. The first-order valence-corrected chi connectivity index (χ1v) is 5.38. The van der Waals surface area contributed by atoms with Crippen molar-refractivity contribution in [3.63, 3.8) is 0 Å². The fraction of sp³-hybridized carbons (Fsp3) is 0.143. The Kier molecular flexibility index (Phi) is 2.91. The maximum absolute atomic E-state index is 11.8. The van der Waals surface area contributed by atoms with E-state index < -0.39 is 11.6 Å². The molecule has 1 aliphatic rings. The third-order valence-electron chi connectivity index (χ3n) is 2.75. The molecule has 0 atom stereocenters. The molecule has 2 rings (SSSR count). The molecule has 0 aromatic heterocycles. The van der Waals surface area contributed by atoms with Crippen LogP contribution in [0.1, 0.15) is 29.3 Å². The Bertz CT molecular complexity index is 550. The molecule has 1 aromatic carbocycles. The summed E-state index contributed by atoms with van der Waals surface area (Å²) >= 11 is 0. The van der Waals surface area contributed by atoms with Crippen LogP contribution in [0.15, 0.2) is 42.0 Å². The van der Waals surface area contributed by atoms with Crippen LogP contribution >= 0.6 is 0 Å². The van der Waals surface area contributed by atoms with Gasteiger partial charge in [0.25, 0.3) is 0 Å². The van der Waals surface area contributed by atoms with Gasteiger partial charge in [-0.3, -0.25) is 9.59 Å². The van der Waals surface area contributed by atoms with Gasteiger partial charge in [0, 0.05) is 16.7 Å². The van der Waals surface area contributed by atoms with Crippen LogP contribution in [0.3, 0.4) is 0 Å². The molecule has 1 aromatic rings. The highest BCUT2D eigenvalue weighted by molar-refractivity contribution is 6.52. The number of aliphatic hydroxyl groups excluding tert-OH is 1. The molecule has 0 amide bonds. The second kappa shape index (κ2) is 4.37. The number of rotatable bonds is 2. The van der Waals surface area contributed by atoms with E-state index in [1.165, 1.54) is 0 Å². The van der Waals surface area contributed by atoms with Crippen molar-refractivity contribution >= 4 is 17.3 Å². The Morgan fingerprint density at radius 3 is 2.41 bits per heavy atom. The number of Topliss-reactive ketones (excluding diaryl/α,β-unsaturated/α-hetero) is 2. The predicted molar refractivity (Wildman–Crippen MR) is 64.8 cm³/mol. The smallest absolute Gasteiger partial charge is 0.234 e. The summed E-state index contributed by atoms with van der Waals surface area (Å²) in [5.41, 5.74) is 0.891. The lowest BCUT2D eigenvalue weighted by Crippen LogP contribution is -2.23. The predicted octanol–water partition coefficient (Wildman–Crippen LogP) is 2.69. The van der Waals surface area contributed by atoms with Crippen molar-refractivity contribution in [1.82, 2.24) is 0 Å². The lowest BCUT2D eigenvalue weighted by atomic mass is 9.87. The van der Waals surface area contributed by atoms with E-state index in [0.717, 1.165) is 0 Å². The van der Waals surface area contributed by atoms with E-state index in [0.29, 0.717) is 5.56 Å². The topological polar surface area (TPSA) is 54.4 Å². The summed E-state index contributed by atoms with van der Waals surface area (Å²) in [5.74, 6) is -1.24. The van der Waals surface area contributed by atoms with Crippen LogP contribution in [-0.2, 0) is 4.79 Å². The lowest BCUT2D eigenvalue weighted by molar-refractivity contribution is -0.112. The van der Waals surface area contributed by atoms with Crippen molar-refractivity contribution in [3.05, 3.63) is 53.1 Å². The van der Waals surface area contributed by atoms with Crippen LogP contribution in [0, 0.1) is 0 Å². The Morgan fingerprint density at radius 1 is 1.12 bits per heavy atom. The van der Waals surface area contributed by atoms with Gasteiger partial charge < -0.3 is 5.11 Å². The number of hydrogen-bond acceptors (Lipinski definition) is 3. The highest BCUT2D eigenvalue weighted by Crippen LogP contribution is 2.29. The summed E-state index contributed by atoms with van der Waals surface area (Å²) in [6.07, 6.45) is 3.80. The molecule has 1 N–H and O–H groups in total. The molecular weight excluding hydrogens is 216 g/mol. The van der Waals surface area contributed by atoms with Gasteiger partial charge in [0.1, 0.15) is 5.76 Å². The first kappa shape index (κ1) is 11.3. The van der Waals surface area contributed by atoms with E-state index in [1.807, 2.05) is 6.92 Å². The fourth-order valence-corrected chi connectivity index (χ4v) is 1.84. The van der Waals surface area contributed by atoms with Crippen LogP contribution < -0.4 is 0 Å². The summed E-state index contributed by atoms with van der Waals surface area (Å²) in [5, 5.41) is 10.0. The minimum absolute atomic E-state index is 0.0803. The molecule has 86 valence electrons. The largest absolute Gasteiger partial charge is 0.507 e. The maximum atomic E-state index is 11.8. The molecule has 3 nitrogen and oxygen atoms in total. The summed E-state index contributed by atoms with van der Waals surface area (Å²) in [6, 6.07) is 6.60. The summed E-state index contributed by atoms with van der Waals surface area (Å²) in [7, 11) is 0. The first-order chi connectivity index (χ1) is 8.16. The summed E-state index contributed by atoms with van der Waals surface area (Å²) in [4.78, 5) is 23.6. The van der Waals surface area contributed by atoms with Crippen LogP contribution in [0.2, 0.25) is 0 Å². The Labute approximate surface area is 99.1 Å². The highest BCUT2D eigenvalue weighted by atomic mass is 16.3.